The van der Waals surface area contributed by atoms with Crippen LogP contribution in [-0.2, 0) is 23.1 Å². The van der Waals surface area contributed by atoms with Gasteiger partial charge >= 0.3 is 5.97 Å². The maximum absolute atomic E-state index is 12.1. The Kier molecular flexibility index (Phi) is 5.53. The van der Waals surface area contributed by atoms with Crippen LogP contribution in [0.4, 0.5) is 5.69 Å². The van der Waals surface area contributed by atoms with Crippen molar-refractivity contribution in [3.63, 3.8) is 0 Å². The van der Waals surface area contributed by atoms with E-state index in [0.29, 0.717) is 6.54 Å². The zero-order chi connectivity index (χ0) is 18.6. The van der Waals surface area contributed by atoms with Gasteiger partial charge in [-0.1, -0.05) is 29.8 Å². The number of benzene rings is 1. The van der Waals surface area contributed by atoms with Gasteiger partial charge in [-0.3, -0.25) is 14.9 Å². The van der Waals surface area contributed by atoms with Gasteiger partial charge in [0.25, 0.3) is 11.6 Å². The van der Waals surface area contributed by atoms with E-state index in [1.165, 1.54) is 24.7 Å². The highest BCUT2D eigenvalue weighted by Gasteiger charge is 2.23. The molecule has 1 aromatic carbocycles. The largest absolute Gasteiger partial charge is 0.448 e. The molecule has 0 aliphatic rings. The van der Waals surface area contributed by atoms with Crippen molar-refractivity contribution in [1.82, 2.24) is 9.88 Å². The number of aryl methyl sites for hydroxylation is 2. The fourth-order valence-electron chi connectivity index (χ4n) is 2.16. The first-order valence-corrected chi connectivity index (χ1v) is 7.63. The van der Waals surface area contributed by atoms with Gasteiger partial charge in [0.05, 0.1) is 11.1 Å². The molecule has 25 heavy (non-hydrogen) atoms. The molecule has 1 amide bonds. The van der Waals surface area contributed by atoms with Crippen molar-refractivity contribution in [2.75, 3.05) is 0 Å². The first-order valence-electron chi connectivity index (χ1n) is 7.63. The summed E-state index contributed by atoms with van der Waals surface area (Å²) in [5, 5.41) is 13.4. The van der Waals surface area contributed by atoms with Crippen LogP contribution in [0.5, 0.6) is 0 Å². The molecule has 0 bridgehead atoms. The second-order valence-electron chi connectivity index (χ2n) is 5.70. The van der Waals surface area contributed by atoms with E-state index in [-0.39, 0.29) is 11.4 Å². The zero-order valence-electron chi connectivity index (χ0n) is 14.2. The molecule has 2 rings (SSSR count). The number of nitrogens with zero attached hydrogens (tertiary/aromatic N) is 2. The predicted octanol–water partition coefficient (Wildman–Crippen LogP) is 2.10. The summed E-state index contributed by atoms with van der Waals surface area (Å²) in [6, 6.07) is 8.78. The summed E-state index contributed by atoms with van der Waals surface area (Å²) in [4.78, 5) is 34.3. The van der Waals surface area contributed by atoms with Gasteiger partial charge in [0.15, 0.2) is 6.10 Å². The van der Waals surface area contributed by atoms with Crippen molar-refractivity contribution in [2.45, 2.75) is 26.5 Å². The number of carbonyl (C=O) groups is 2. The topological polar surface area (TPSA) is 103 Å². The number of amides is 1. The van der Waals surface area contributed by atoms with Crippen LogP contribution < -0.4 is 5.32 Å². The lowest BCUT2D eigenvalue weighted by atomic mass is 10.1. The van der Waals surface area contributed by atoms with Crippen LogP contribution in [0, 0.1) is 17.0 Å². The van der Waals surface area contributed by atoms with Gasteiger partial charge in [-0.25, -0.2) is 4.79 Å². The van der Waals surface area contributed by atoms with Crippen LogP contribution in [0.15, 0.2) is 36.5 Å². The number of carbonyl (C=O) groups excluding carboxylic acids is 2. The van der Waals surface area contributed by atoms with E-state index < -0.39 is 22.9 Å². The highest BCUT2D eigenvalue weighted by atomic mass is 16.6. The maximum Gasteiger partial charge on any atom is 0.355 e. The van der Waals surface area contributed by atoms with Crippen LogP contribution in [0.25, 0.3) is 0 Å². The van der Waals surface area contributed by atoms with Crippen LogP contribution in [0.3, 0.4) is 0 Å². The molecule has 1 N–H and O–H groups in total. The number of hydrogen-bond acceptors (Lipinski definition) is 5. The second kappa shape index (κ2) is 7.61. The van der Waals surface area contributed by atoms with Crippen LogP contribution in [0.2, 0.25) is 0 Å². The molecule has 1 unspecified atom stereocenters. The lowest BCUT2D eigenvalue weighted by Gasteiger charge is -2.13. The van der Waals surface area contributed by atoms with Gasteiger partial charge in [0, 0.05) is 19.7 Å². The number of ether oxygens (including phenoxy) is 1. The Hall–Kier alpha value is -3.16. The monoisotopic (exact) mass is 345 g/mol. The van der Waals surface area contributed by atoms with Crippen molar-refractivity contribution in [3.8, 4) is 0 Å². The van der Waals surface area contributed by atoms with Crippen molar-refractivity contribution in [2.24, 2.45) is 7.05 Å². The van der Waals surface area contributed by atoms with Crippen molar-refractivity contribution in [1.29, 1.82) is 0 Å². The van der Waals surface area contributed by atoms with Gasteiger partial charge < -0.3 is 14.6 Å². The molecule has 1 aromatic heterocycles. The van der Waals surface area contributed by atoms with E-state index >= 15 is 0 Å². The lowest BCUT2D eigenvalue weighted by molar-refractivity contribution is -0.384. The summed E-state index contributed by atoms with van der Waals surface area (Å²) in [7, 11) is 1.49. The molecule has 8 nitrogen and oxygen atoms in total. The molecule has 0 spiro atoms. The third-order valence-corrected chi connectivity index (χ3v) is 3.65. The van der Waals surface area contributed by atoms with Gasteiger partial charge in [-0.15, -0.1) is 0 Å². The van der Waals surface area contributed by atoms with Crippen LogP contribution in [-0.4, -0.2) is 27.5 Å². The Bertz CT molecular complexity index is 795. The van der Waals surface area contributed by atoms with Gasteiger partial charge in [-0.2, -0.15) is 0 Å². The Morgan fingerprint density at radius 1 is 1.32 bits per heavy atom. The summed E-state index contributed by atoms with van der Waals surface area (Å²) in [6.07, 6.45) is 0.186. The van der Waals surface area contributed by atoms with Gasteiger partial charge in [0.2, 0.25) is 0 Å². The molecular weight excluding hydrogens is 326 g/mol. The average molecular weight is 345 g/mol. The Balaban J connectivity index is 1.92. The van der Waals surface area contributed by atoms with E-state index in [4.69, 9.17) is 4.74 Å². The number of hydrogen-bond donors (Lipinski definition) is 1. The first-order chi connectivity index (χ1) is 11.8. The molecular formula is C17H19N3O5. The molecule has 0 fully saturated rings. The van der Waals surface area contributed by atoms with Gasteiger partial charge in [-0.05, 0) is 19.4 Å². The fraction of sp³-hybridized carbons (Fsp3) is 0.294. The number of rotatable bonds is 6. The SMILES string of the molecule is Cc1ccc(CNC(=O)C(C)OC(=O)c2cc([N+](=O)[O-])cn2C)cc1. The molecule has 0 aliphatic heterocycles. The van der Waals surface area contributed by atoms with E-state index in [1.54, 1.807) is 0 Å². The number of aromatic nitrogens is 1. The molecule has 0 saturated heterocycles. The standard InChI is InChI=1S/C17H19N3O5/c1-11-4-6-13(7-5-11)9-18-16(21)12(2)25-17(22)15-8-14(20(23)24)10-19(15)3/h4-8,10,12H,9H2,1-3H3,(H,18,21). The lowest BCUT2D eigenvalue weighted by Crippen LogP contribution is -2.35. The normalized spacial score (nSPS) is 11.6. The van der Waals surface area contributed by atoms with E-state index in [9.17, 15) is 19.7 Å². The summed E-state index contributed by atoms with van der Waals surface area (Å²) < 4.78 is 6.37. The van der Waals surface area contributed by atoms with Crippen molar-refractivity contribution >= 4 is 17.6 Å². The molecule has 8 heteroatoms. The molecule has 2 aromatic rings. The highest BCUT2D eigenvalue weighted by molar-refractivity contribution is 5.91. The minimum Gasteiger partial charge on any atom is -0.448 e. The Morgan fingerprint density at radius 3 is 2.52 bits per heavy atom. The van der Waals surface area contributed by atoms with E-state index in [1.807, 2.05) is 31.2 Å². The van der Waals surface area contributed by atoms with Crippen LogP contribution >= 0.6 is 0 Å². The minimum absolute atomic E-state index is 0.00452. The smallest absolute Gasteiger partial charge is 0.355 e. The molecule has 0 radical (unpaired) electrons. The summed E-state index contributed by atoms with van der Waals surface area (Å²) in [6.45, 7) is 3.73. The predicted molar refractivity (Wildman–Crippen MR) is 90.0 cm³/mol. The third-order valence-electron chi connectivity index (χ3n) is 3.65. The fourth-order valence-corrected chi connectivity index (χ4v) is 2.16. The molecule has 1 heterocycles. The van der Waals surface area contributed by atoms with Gasteiger partial charge in [0.1, 0.15) is 5.69 Å². The summed E-state index contributed by atoms with van der Waals surface area (Å²) >= 11 is 0. The third kappa shape index (κ3) is 4.66. The Morgan fingerprint density at radius 2 is 1.96 bits per heavy atom. The number of nitrogens with one attached hydrogen (secondary N) is 1. The summed E-state index contributed by atoms with van der Waals surface area (Å²) in [5.41, 5.74) is 1.83. The first kappa shape index (κ1) is 18.2. The molecule has 1 atom stereocenters. The molecule has 132 valence electrons. The molecule has 0 aliphatic carbocycles. The quantitative estimate of drug-likeness (QED) is 0.490. The minimum atomic E-state index is -1.02. The van der Waals surface area contributed by atoms with Crippen molar-refractivity contribution in [3.05, 3.63) is 63.5 Å². The number of nitro groups is 1. The Labute approximate surface area is 144 Å². The average Bonchev–Trinajstić information content (AvgIpc) is 2.96. The summed E-state index contributed by atoms with van der Waals surface area (Å²) in [5.74, 6) is -1.24. The maximum atomic E-state index is 12.1. The highest BCUT2D eigenvalue weighted by Crippen LogP contribution is 2.16. The number of esters is 1. The van der Waals surface area contributed by atoms with E-state index in [0.717, 1.165) is 17.2 Å². The van der Waals surface area contributed by atoms with E-state index in [2.05, 4.69) is 5.32 Å². The van der Waals surface area contributed by atoms with Crippen LogP contribution in [0.1, 0.15) is 28.5 Å². The second-order valence-corrected chi connectivity index (χ2v) is 5.70. The van der Waals surface area contributed by atoms with Crippen molar-refractivity contribution < 1.29 is 19.2 Å². The molecule has 0 saturated carbocycles. The zero-order valence-corrected chi connectivity index (χ0v) is 14.2.